The molecule has 0 N–H and O–H groups in total. The van der Waals surface area contributed by atoms with Crippen molar-refractivity contribution in [2.24, 2.45) is 11.8 Å². The van der Waals surface area contributed by atoms with Gasteiger partial charge in [-0.05, 0) is 36.4 Å². The molecule has 2 atom stereocenters. The Labute approximate surface area is 168 Å². The Balaban J connectivity index is 1.41. The van der Waals surface area contributed by atoms with Crippen LogP contribution in [0, 0.1) is 11.8 Å². The fourth-order valence-electron chi connectivity index (χ4n) is 4.23. The van der Waals surface area contributed by atoms with Crippen LogP contribution in [-0.4, -0.2) is 34.1 Å². The van der Waals surface area contributed by atoms with Gasteiger partial charge in [0.2, 0.25) is 17.7 Å². The molecular formula is C21H24N2O4S. The van der Waals surface area contributed by atoms with Crippen molar-refractivity contribution in [3.63, 3.8) is 0 Å². The molecule has 148 valence electrons. The van der Waals surface area contributed by atoms with Crippen molar-refractivity contribution >= 4 is 29.1 Å². The van der Waals surface area contributed by atoms with Gasteiger partial charge >= 0.3 is 0 Å². The summed E-state index contributed by atoms with van der Waals surface area (Å²) < 4.78 is 5.40. The summed E-state index contributed by atoms with van der Waals surface area (Å²) in [4.78, 5) is 42.3. The number of fused-ring (bicyclic) bond motifs is 1. The minimum absolute atomic E-state index is 0.0831. The lowest BCUT2D eigenvalue weighted by atomic mass is 9.81. The highest BCUT2D eigenvalue weighted by Crippen LogP contribution is 2.38. The van der Waals surface area contributed by atoms with Gasteiger partial charge in [0, 0.05) is 17.8 Å². The van der Waals surface area contributed by atoms with Gasteiger partial charge in [0.1, 0.15) is 5.76 Å². The molecule has 3 amide bonds. The predicted molar refractivity (Wildman–Crippen MR) is 104 cm³/mol. The summed E-state index contributed by atoms with van der Waals surface area (Å²) >= 11 is 1.60. The summed E-state index contributed by atoms with van der Waals surface area (Å²) in [5, 5.41) is 1.98. The number of furan rings is 1. The molecule has 2 aliphatic rings. The molecule has 0 spiro atoms. The van der Waals surface area contributed by atoms with Crippen LogP contribution in [0.3, 0.4) is 0 Å². The maximum Gasteiger partial charge on any atom is 0.233 e. The molecule has 6 nitrogen and oxygen atoms in total. The van der Waals surface area contributed by atoms with E-state index >= 15 is 0 Å². The third kappa shape index (κ3) is 3.90. The quantitative estimate of drug-likeness (QED) is 0.668. The number of amides is 3. The molecule has 0 unspecified atom stereocenters. The second-order valence-corrected chi connectivity index (χ2v) is 8.52. The van der Waals surface area contributed by atoms with Crippen molar-refractivity contribution < 1.29 is 18.8 Å². The molecule has 28 heavy (non-hydrogen) atoms. The van der Waals surface area contributed by atoms with Gasteiger partial charge in [-0.25, -0.2) is 0 Å². The van der Waals surface area contributed by atoms with Crippen molar-refractivity contribution in [2.45, 2.75) is 45.2 Å². The molecule has 0 radical (unpaired) electrons. The van der Waals surface area contributed by atoms with E-state index in [1.165, 1.54) is 4.90 Å². The van der Waals surface area contributed by atoms with Gasteiger partial charge in [-0.15, -0.1) is 11.3 Å². The fraction of sp³-hybridized carbons (Fsp3) is 0.476. The molecule has 1 saturated heterocycles. The second-order valence-electron chi connectivity index (χ2n) is 7.48. The Bertz CT molecular complexity index is 770. The molecular weight excluding hydrogens is 376 g/mol. The van der Waals surface area contributed by atoms with Gasteiger partial charge in [0.05, 0.1) is 31.2 Å². The normalized spacial score (nSPS) is 21.8. The van der Waals surface area contributed by atoms with Crippen LogP contribution in [0.5, 0.6) is 0 Å². The molecule has 1 aliphatic carbocycles. The zero-order chi connectivity index (χ0) is 19.5. The number of hydrogen-bond donors (Lipinski definition) is 0. The SMILES string of the molecule is O=C(CCN1C(=O)[C@H]2CCCC[C@@H]2C1=O)N(Cc1ccco1)Cc1cccs1. The van der Waals surface area contributed by atoms with Crippen LogP contribution in [0.2, 0.25) is 0 Å². The van der Waals surface area contributed by atoms with Crippen molar-refractivity contribution in [1.82, 2.24) is 9.80 Å². The molecule has 0 bridgehead atoms. The van der Waals surface area contributed by atoms with E-state index in [1.54, 1.807) is 28.6 Å². The lowest BCUT2D eigenvalue weighted by Gasteiger charge is -2.22. The summed E-state index contributed by atoms with van der Waals surface area (Å²) in [5.74, 6) is 0.129. The first-order valence-corrected chi connectivity index (χ1v) is 10.7. The van der Waals surface area contributed by atoms with E-state index in [0.717, 1.165) is 30.6 Å². The number of carbonyl (C=O) groups excluding carboxylic acids is 3. The Morgan fingerprint density at radius 2 is 1.86 bits per heavy atom. The average Bonchev–Trinajstić information content (AvgIpc) is 3.44. The van der Waals surface area contributed by atoms with Gasteiger partial charge in [-0.2, -0.15) is 0 Å². The number of carbonyl (C=O) groups is 3. The lowest BCUT2D eigenvalue weighted by Crippen LogP contribution is -2.37. The maximum absolute atomic E-state index is 12.9. The summed E-state index contributed by atoms with van der Waals surface area (Å²) in [6.07, 6.45) is 5.33. The van der Waals surface area contributed by atoms with Crippen LogP contribution in [0.15, 0.2) is 40.3 Å². The Hall–Kier alpha value is -2.41. The minimum atomic E-state index is -0.165. The first-order valence-electron chi connectivity index (χ1n) is 9.81. The van der Waals surface area contributed by atoms with E-state index in [2.05, 4.69) is 0 Å². The first-order chi connectivity index (χ1) is 13.6. The highest BCUT2D eigenvalue weighted by molar-refractivity contribution is 7.09. The first kappa shape index (κ1) is 18.9. The van der Waals surface area contributed by atoms with E-state index in [4.69, 9.17) is 4.42 Å². The average molecular weight is 401 g/mol. The third-order valence-electron chi connectivity index (χ3n) is 5.69. The minimum Gasteiger partial charge on any atom is -0.467 e. The standard InChI is InChI=1S/C21H24N2O4S/c24-19(9-10-23-20(25)17-7-1-2-8-18(17)21(23)26)22(13-15-5-3-11-27-15)14-16-6-4-12-28-16/h3-6,11-12,17-18H,1-2,7-10,13-14H2/t17-,18-/m0/s1. The number of hydrogen-bond acceptors (Lipinski definition) is 5. The molecule has 2 aromatic heterocycles. The van der Waals surface area contributed by atoms with Crippen LogP contribution in [0.25, 0.3) is 0 Å². The Morgan fingerprint density at radius 1 is 1.11 bits per heavy atom. The smallest absolute Gasteiger partial charge is 0.233 e. The lowest BCUT2D eigenvalue weighted by molar-refractivity contribution is -0.141. The molecule has 2 aromatic rings. The molecule has 0 aromatic carbocycles. The summed E-state index contributed by atoms with van der Waals surface area (Å²) in [5.41, 5.74) is 0. The Kier molecular flexibility index (Phi) is 5.62. The number of imide groups is 1. The van der Waals surface area contributed by atoms with E-state index < -0.39 is 0 Å². The van der Waals surface area contributed by atoms with Gasteiger partial charge < -0.3 is 9.32 Å². The monoisotopic (exact) mass is 400 g/mol. The predicted octanol–water partition coefficient (Wildman–Crippen LogP) is 3.44. The summed E-state index contributed by atoms with van der Waals surface area (Å²) in [6, 6.07) is 7.59. The Morgan fingerprint density at radius 3 is 2.46 bits per heavy atom. The van der Waals surface area contributed by atoms with Gasteiger partial charge in [-0.1, -0.05) is 18.9 Å². The van der Waals surface area contributed by atoms with Gasteiger partial charge in [-0.3, -0.25) is 19.3 Å². The molecule has 1 aliphatic heterocycles. The van der Waals surface area contributed by atoms with E-state index in [-0.39, 0.29) is 42.5 Å². The largest absolute Gasteiger partial charge is 0.467 e. The highest BCUT2D eigenvalue weighted by atomic mass is 32.1. The van der Waals surface area contributed by atoms with Crippen molar-refractivity contribution in [3.8, 4) is 0 Å². The summed E-state index contributed by atoms with van der Waals surface area (Å²) in [6.45, 7) is 1.03. The summed E-state index contributed by atoms with van der Waals surface area (Å²) in [7, 11) is 0. The van der Waals surface area contributed by atoms with Crippen molar-refractivity contribution in [2.75, 3.05) is 6.54 Å². The van der Waals surface area contributed by atoms with Gasteiger partial charge in [0.15, 0.2) is 0 Å². The maximum atomic E-state index is 12.9. The van der Waals surface area contributed by atoms with Crippen LogP contribution in [0.1, 0.15) is 42.7 Å². The van der Waals surface area contributed by atoms with Gasteiger partial charge in [0.25, 0.3) is 0 Å². The topological polar surface area (TPSA) is 70.8 Å². The zero-order valence-electron chi connectivity index (χ0n) is 15.7. The number of nitrogens with zero attached hydrogens (tertiary/aromatic N) is 2. The van der Waals surface area contributed by atoms with E-state index in [9.17, 15) is 14.4 Å². The molecule has 1 saturated carbocycles. The van der Waals surface area contributed by atoms with E-state index in [1.807, 2.05) is 23.6 Å². The number of likely N-dealkylation sites (tertiary alicyclic amines) is 1. The molecule has 4 rings (SSSR count). The number of rotatable bonds is 7. The van der Waals surface area contributed by atoms with Crippen LogP contribution in [0.4, 0.5) is 0 Å². The van der Waals surface area contributed by atoms with E-state index in [0.29, 0.717) is 18.8 Å². The number of thiophene rings is 1. The van der Waals surface area contributed by atoms with Crippen molar-refractivity contribution in [1.29, 1.82) is 0 Å². The third-order valence-corrected chi connectivity index (χ3v) is 6.55. The van der Waals surface area contributed by atoms with Crippen LogP contribution < -0.4 is 0 Å². The van der Waals surface area contributed by atoms with Crippen LogP contribution in [-0.2, 0) is 27.5 Å². The highest BCUT2D eigenvalue weighted by Gasteiger charge is 2.47. The van der Waals surface area contributed by atoms with Crippen molar-refractivity contribution in [3.05, 3.63) is 46.5 Å². The molecule has 2 fully saturated rings. The van der Waals surface area contributed by atoms with Crippen LogP contribution >= 0.6 is 11.3 Å². The molecule has 3 heterocycles. The fourth-order valence-corrected chi connectivity index (χ4v) is 4.95. The molecule has 7 heteroatoms. The zero-order valence-corrected chi connectivity index (χ0v) is 16.5. The second kappa shape index (κ2) is 8.31.